The third kappa shape index (κ3) is 7.70. The summed E-state index contributed by atoms with van der Waals surface area (Å²) in [6.45, 7) is 7.57. The van der Waals surface area contributed by atoms with Gasteiger partial charge in [-0.1, -0.05) is 72.8 Å². The Bertz CT molecular complexity index is 1250. The third-order valence-electron chi connectivity index (χ3n) is 6.70. The highest BCUT2D eigenvalue weighted by molar-refractivity contribution is 6.23. The minimum atomic E-state index is -0.882. The van der Waals surface area contributed by atoms with Crippen molar-refractivity contribution in [2.75, 3.05) is 6.54 Å². The number of hydrogen-bond donors (Lipinski definition) is 1. The van der Waals surface area contributed by atoms with E-state index < -0.39 is 16.5 Å². The molecule has 3 aromatic carbocycles. The second-order valence-corrected chi connectivity index (χ2v) is 9.78. The van der Waals surface area contributed by atoms with E-state index in [0.717, 1.165) is 12.5 Å². The lowest BCUT2D eigenvalue weighted by Crippen LogP contribution is -2.48. The number of carbonyl (C=O) groups is 2. The van der Waals surface area contributed by atoms with E-state index in [0.29, 0.717) is 12.1 Å². The first kappa shape index (κ1) is 28.5. The van der Waals surface area contributed by atoms with Gasteiger partial charge in [0.05, 0.1) is 4.92 Å². The van der Waals surface area contributed by atoms with Crippen LogP contribution >= 0.6 is 0 Å². The van der Waals surface area contributed by atoms with Crippen LogP contribution in [-0.4, -0.2) is 34.9 Å². The second-order valence-electron chi connectivity index (χ2n) is 9.78. The Morgan fingerprint density at radius 3 is 2.08 bits per heavy atom. The predicted molar refractivity (Wildman–Crippen MR) is 149 cm³/mol. The molecule has 0 aliphatic heterocycles. The van der Waals surface area contributed by atoms with E-state index >= 15 is 0 Å². The van der Waals surface area contributed by atoms with Crippen LogP contribution in [0.4, 0.5) is 5.69 Å². The highest BCUT2D eigenvalue weighted by Gasteiger charge is 2.30. The number of Topliss-reactive ketones (excluding diaryl/α,β-unsaturated/α-hetero) is 1. The number of nitrogens with one attached hydrogen (secondary N) is 1. The molecule has 0 spiro atoms. The van der Waals surface area contributed by atoms with E-state index in [1.807, 2.05) is 57.2 Å². The van der Waals surface area contributed by atoms with Gasteiger partial charge in [0.15, 0.2) is 5.78 Å². The third-order valence-corrected chi connectivity index (χ3v) is 6.70. The highest BCUT2D eigenvalue weighted by atomic mass is 16.6. The van der Waals surface area contributed by atoms with Crippen LogP contribution in [-0.2, 0) is 14.3 Å². The average molecular weight is 515 g/mol. The molecule has 0 fully saturated rings. The number of ketones is 1. The number of allylic oxidation sites excluding steroid dienone is 1. The molecule has 1 N–H and O–H groups in total. The molecular weight excluding hydrogens is 480 g/mol. The van der Waals surface area contributed by atoms with Crippen LogP contribution in [0, 0.1) is 10.1 Å². The van der Waals surface area contributed by atoms with Gasteiger partial charge in [0.25, 0.3) is 5.69 Å². The summed E-state index contributed by atoms with van der Waals surface area (Å²) < 4.78 is 5.74. The minimum absolute atomic E-state index is 0.0590. The fourth-order valence-electron chi connectivity index (χ4n) is 4.26. The SMILES string of the molecule is CC(=O)C(=CC(=O)OC(C)(C)C(C)NCCC(c1ccccc1)c1ccccc1)c1cccc([N+](=O)[O-])c1. The molecule has 0 saturated heterocycles. The molecule has 0 aliphatic rings. The van der Waals surface area contributed by atoms with Crippen molar-refractivity contribution in [1.29, 1.82) is 0 Å². The van der Waals surface area contributed by atoms with Gasteiger partial charge in [-0.3, -0.25) is 14.9 Å². The zero-order valence-corrected chi connectivity index (χ0v) is 22.2. The molecule has 0 aromatic heterocycles. The van der Waals surface area contributed by atoms with E-state index in [1.165, 1.54) is 36.2 Å². The summed E-state index contributed by atoms with van der Waals surface area (Å²) in [4.78, 5) is 35.6. The fourth-order valence-corrected chi connectivity index (χ4v) is 4.26. The summed E-state index contributed by atoms with van der Waals surface area (Å²) in [5, 5.41) is 14.6. The molecule has 198 valence electrons. The van der Waals surface area contributed by atoms with Crippen molar-refractivity contribution in [2.45, 2.75) is 51.7 Å². The predicted octanol–water partition coefficient (Wildman–Crippen LogP) is 6.09. The van der Waals surface area contributed by atoms with Gasteiger partial charge in [-0.05, 0) is 57.4 Å². The zero-order chi connectivity index (χ0) is 27.7. The van der Waals surface area contributed by atoms with Gasteiger partial charge in [0.1, 0.15) is 5.60 Å². The van der Waals surface area contributed by atoms with Crippen LogP contribution in [0.25, 0.3) is 5.57 Å². The van der Waals surface area contributed by atoms with Gasteiger partial charge in [-0.15, -0.1) is 0 Å². The van der Waals surface area contributed by atoms with Gasteiger partial charge in [-0.25, -0.2) is 4.79 Å². The molecule has 0 aliphatic carbocycles. The van der Waals surface area contributed by atoms with Crippen LogP contribution in [0.3, 0.4) is 0 Å². The first-order chi connectivity index (χ1) is 18.1. The number of hydrogen-bond acceptors (Lipinski definition) is 6. The Morgan fingerprint density at radius 1 is 0.974 bits per heavy atom. The number of nitro benzene ring substituents is 1. The summed E-state index contributed by atoms with van der Waals surface area (Å²) in [7, 11) is 0. The number of nitro groups is 1. The van der Waals surface area contributed by atoms with Crippen molar-refractivity contribution in [2.24, 2.45) is 0 Å². The van der Waals surface area contributed by atoms with Gasteiger partial charge in [-0.2, -0.15) is 0 Å². The quantitative estimate of drug-likeness (QED) is 0.136. The van der Waals surface area contributed by atoms with Crippen molar-refractivity contribution in [1.82, 2.24) is 5.32 Å². The molecule has 0 amide bonds. The molecule has 0 bridgehead atoms. The summed E-state index contributed by atoms with van der Waals surface area (Å²) in [5.41, 5.74) is 1.78. The lowest BCUT2D eigenvalue weighted by molar-refractivity contribution is -0.384. The Morgan fingerprint density at radius 2 is 1.55 bits per heavy atom. The normalized spacial score (nSPS) is 12.7. The van der Waals surface area contributed by atoms with Crippen LogP contribution in [0.5, 0.6) is 0 Å². The maximum Gasteiger partial charge on any atom is 0.332 e. The molecule has 0 saturated carbocycles. The van der Waals surface area contributed by atoms with Gasteiger partial charge < -0.3 is 10.1 Å². The van der Waals surface area contributed by atoms with Gasteiger partial charge >= 0.3 is 5.97 Å². The van der Waals surface area contributed by atoms with Crippen molar-refractivity contribution in [3.8, 4) is 0 Å². The van der Waals surface area contributed by atoms with Crippen molar-refractivity contribution in [3.63, 3.8) is 0 Å². The molecule has 0 radical (unpaired) electrons. The molecule has 3 aromatic rings. The molecule has 0 heterocycles. The fraction of sp³-hybridized carbons (Fsp3) is 0.290. The van der Waals surface area contributed by atoms with Crippen molar-refractivity contribution >= 4 is 23.0 Å². The Balaban J connectivity index is 1.67. The maximum atomic E-state index is 12.8. The monoisotopic (exact) mass is 514 g/mol. The molecule has 3 rings (SSSR count). The molecule has 1 unspecified atom stereocenters. The van der Waals surface area contributed by atoms with Crippen molar-refractivity contribution in [3.05, 3.63) is 118 Å². The largest absolute Gasteiger partial charge is 0.455 e. The van der Waals surface area contributed by atoms with Crippen LogP contribution in [0.15, 0.2) is 91.0 Å². The minimum Gasteiger partial charge on any atom is -0.455 e. The highest BCUT2D eigenvalue weighted by Crippen LogP contribution is 2.28. The van der Waals surface area contributed by atoms with E-state index in [-0.39, 0.29) is 29.0 Å². The lowest BCUT2D eigenvalue weighted by atomic mass is 9.88. The molecule has 1 atom stereocenters. The first-order valence-electron chi connectivity index (χ1n) is 12.6. The standard InChI is InChI=1S/C31H34N2O5/c1-22(34)29(26-16-11-17-27(20-26)33(36)37)21-30(35)38-31(3,4)23(2)32-19-18-28(24-12-7-5-8-13-24)25-14-9-6-10-15-25/h5-17,20-21,23,28,32H,18-19H2,1-4H3. The second kappa shape index (κ2) is 12.9. The van der Waals surface area contributed by atoms with Gasteiger partial charge in [0, 0.05) is 35.7 Å². The maximum absolute atomic E-state index is 12.8. The number of non-ortho nitro benzene ring substituents is 1. The van der Waals surface area contributed by atoms with E-state index in [9.17, 15) is 19.7 Å². The topological polar surface area (TPSA) is 98.5 Å². The number of nitrogens with zero attached hydrogens (tertiary/aromatic N) is 1. The van der Waals surface area contributed by atoms with E-state index in [2.05, 4.69) is 29.6 Å². The van der Waals surface area contributed by atoms with E-state index in [1.54, 1.807) is 6.07 Å². The van der Waals surface area contributed by atoms with Crippen LogP contribution in [0.2, 0.25) is 0 Å². The average Bonchev–Trinajstić information content (AvgIpc) is 2.90. The molecule has 7 nitrogen and oxygen atoms in total. The van der Waals surface area contributed by atoms with Crippen molar-refractivity contribution < 1.29 is 19.2 Å². The zero-order valence-electron chi connectivity index (χ0n) is 22.2. The van der Waals surface area contributed by atoms with E-state index in [4.69, 9.17) is 4.74 Å². The number of ether oxygens (including phenoxy) is 1. The summed E-state index contributed by atoms with van der Waals surface area (Å²) >= 11 is 0. The Hall–Kier alpha value is -4.10. The summed E-state index contributed by atoms with van der Waals surface area (Å²) in [6.07, 6.45) is 1.96. The summed E-state index contributed by atoms with van der Waals surface area (Å²) in [6, 6.07) is 26.2. The van der Waals surface area contributed by atoms with Crippen LogP contribution in [0.1, 0.15) is 56.7 Å². The summed E-state index contributed by atoms with van der Waals surface area (Å²) in [5.74, 6) is -0.857. The van der Waals surface area contributed by atoms with Gasteiger partial charge in [0.2, 0.25) is 0 Å². The Kier molecular flexibility index (Phi) is 9.68. The molecule has 7 heteroatoms. The first-order valence-corrected chi connectivity index (χ1v) is 12.6. The number of benzene rings is 3. The number of rotatable bonds is 12. The molecule has 38 heavy (non-hydrogen) atoms. The molecular formula is C31H34N2O5. The Labute approximate surface area is 223 Å². The lowest BCUT2D eigenvalue weighted by Gasteiger charge is -2.32. The smallest absolute Gasteiger partial charge is 0.332 e. The number of esters is 1. The van der Waals surface area contributed by atoms with Crippen LogP contribution < -0.4 is 5.32 Å². The number of carbonyl (C=O) groups excluding carboxylic acids is 2.